The van der Waals surface area contributed by atoms with Crippen LogP contribution < -0.4 is 10.5 Å². The molecule has 0 saturated heterocycles. The first-order valence-corrected chi connectivity index (χ1v) is 9.39. The summed E-state index contributed by atoms with van der Waals surface area (Å²) in [5.41, 5.74) is 1.88. The lowest BCUT2D eigenvalue weighted by Gasteiger charge is -2.30. The summed E-state index contributed by atoms with van der Waals surface area (Å²) in [4.78, 5) is 12.2. The van der Waals surface area contributed by atoms with Gasteiger partial charge in [0.15, 0.2) is 0 Å². The van der Waals surface area contributed by atoms with Crippen LogP contribution in [0, 0.1) is 5.82 Å². The van der Waals surface area contributed by atoms with Crippen LogP contribution in [0.25, 0.3) is 11.5 Å². The van der Waals surface area contributed by atoms with Gasteiger partial charge in [-0.1, -0.05) is 11.2 Å². The summed E-state index contributed by atoms with van der Waals surface area (Å²) in [6.07, 6.45) is 3.41. The van der Waals surface area contributed by atoms with Crippen LogP contribution in [-0.2, 0) is 6.42 Å². The molecule has 26 heavy (non-hydrogen) atoms. The van der Waals surface area contributed by atoms with Crippen molar-refractivity contribution < 1.29 is 18.3 Å². The molecule has 0 amide bonds. The van der Waals surface area contributed by atoms with Crippen LogP contribution in [0.5, 0.6) is 5.88 Å². The molecule has 2 heterocycles. The number of hydrogen-bond donors (Lipinski definition) is 0. The van der Waals surface area contributed by atoms with Crippen LogP contribution >= 0.6 is 11.8 Å². The Morgan fingerprint density at radius 2 is 2.27 bits per heavy atom. The fourth-order valence-corrected chi connectivity index (χ4v) is 3.36. The summed E-state index contributed by atoms with van der Waals surface area (Å²) >= 11 is 1.71. The monoisotopic (exact) mass is 378 g/mol. The number of rotatable bonds is 7. The van der Waals surface area contributed by atoms with Crippen molar-refractivity contribution in [3.8, 4) is 17.4 Å². The number of nitrogens with zero attached hydrogens (tertiary/aromatic N) is 4. The van der Waals surface area contributed by atoms with E-state index in [2.05, 4.69) is 15.5 Å². The largest absolute Gasteiger partial charge is 0.474 e. The molecule has 1 aliphatic rings. The van der Waals surface area contributed by atoms with Crippen molar-refractivity contribution in [2.45, 2.75) is 18.9 Å². The molecule has 1 atom stereocenters. The Morgan fingerprint density at radius 3 is 3.12 bits per heavy atom. The Morgan fingerprint density at radius 1 is 1.38 bits per heavy atom. The minimum atomic E-state index is -0.656. The zero-order valence-electron chi connectivity index (χ0n) is 13.8. The summed E-state index contributed by atoms with van der Waals surface area (Å²) < 4.78 is 30.0. The van der Waals surface area contributed by atoms with Crippen LogP contribution in [0.1, 0.15) is 23.6 Å². The van der Waals surface area contributed by atoms with Gasteiger partial charge in [0.25, 0.3) is 5.88 Å². The van der Waals surface area contributed by atoms with E-state index in [1.807, 2.05) is 6.26 Å². The van der Waals surface area contributed by atoms with Gasteiger partial charge in [-0.3, -0.25) is 4.52 Å². The molecule has 0 fully saturated rings. The smallest absolute Gasteiger partial charge is 0.442 e. The molecule has 0 unspecified atom stereocenters. The van der Waals surface area contributed by atoms with Crippen molar-refractivity contribution in [1.29, 1.82) is 0 Å². The van der Waals surface area contributed by atoms with E-state index in [0.717, 1.165) is 23.3 Å². The highest BCUT2D eigenvalue weighted by Crippen LogP contribution is 2.38. The first kappa shape index (κ1) is 16.8. The Balaban J connectivity index is 1.65. The molecule has 3 aromatic rings. The fraction of sp³-hybridized carbons (Fsp3) is 0.375. The topological polar surface area (TPSA) is 96.2 Å². The predicted molar refractivity (Wildman–Crippen MR) is 90.8 cm³/mol. The van der Waals surface area contributed by atoms with E-state index in [1.54, 1.807) is 17.8 Å². The van der Waals surface area contributed by atoms with Gasteiger partial charge in [-0.25, -0.2) is 18.4 Å². The van der Waals surface area contributed by atoms with Crippen molar-refractivity contribution in [2.75, 3.05) is 18.6 Å². The lowest BCUT2D eigenvalue weighted by Crippen LogP contribution is -2.31. The van der Waals surface area contributed by atoms with Crippen LogP contribution in [-0.4, -0.2) is 38.7 Å². The number of fused-ring (bicyclic) bond motifs is 1. The molecule has 0 radical (unpaired) electrons. The van der Waals surface area contributed by atoms with E-state index in [-0.39, 0.29) is 29.3 Å². The number of benzene rings is 1. The van der Waals surface area contributed by atoms with Crippen LogP contribution in [0.4, 0.5) is 4.39 Å². The molecule has 1 aliphatic carbocycles. The maximum absolute atomic E-state index is 13.6. The van der Waals surface area contributed by atoms with Gasteiger partial charge in [-0.05, 0) is 58.4 Å². The standard InChI is InChI=1S/C16H15FN4O4S/c1-26-6-2-5-23-15-13(18-25-20-15)14-19-24-16(22)21(14)12-7-9-3-4-10(17)8-11(9)12/h3-4,8,12H,2,5-7H2,1H3/t12-/m0/s1. The summed E-state index contributed by atoms with van der Waals surface area (Å²) in [6, 6.07) is 4.13. The Kier molecular flexibility index (Phi) is 4.49. The molecule has 8 nitrogen and oxygen atoms in total. The van der Waals surface area contributed by atoms with E-state index in [4.69, 9.17) is 13.9 Å². The van der Waals surface area contributed by atoms with Gasteiger partial charge in [-0.2, -0.15) is 11.8 Å². The average Bonchev–Trinajstić information content (AvgIpc) is 3.22. The molecule has 10 heteroatoms. The summed E-state index contributed by atoms with van der Waals surface area (Å²) in [6.45, 7) is 0.432. The molecule has 0 bridgehead atoms. The second-order valence-electron chi connectivity index (χ2n) is 5.82. The fourth-order valence-electron chi connectivity index (χ4n) is 2.95. The highest BCUT2D eigenvalue weighted by Gasteiger charge is 2.34. The lowest BCUT2D eigenvalue weighted by molar-refractivity contribution is 0.256. The summed E-state index contributed by atoms with van der Waals surface area (Å²) in [5.74, 6) is 0.222. The second kappa shape index (κ2) is 6.94. The van der Waals surface area contributed by atoms with Crippen molar-refractivity contribution in [3.63, 3.8) is 0 Å². The number of halogens is 1. The molecule has 2 aromatic heterocycles. The van der Waals surface area contributed by atoms with E-state index >= 15 is 0 Å². The first-order chi connectivity index (χ1) is 12.7. The zero-order chi connectivity index (χ0) is 18.1. The first-order valence-electron chi connectivity index (χ1n) is 8.00. The van der Waals surface area contributed by atoms with Gasteiger partial charge in [0.2, 0.25) is 11.5 Å². The summed E-state index contributed by atoms with van der Waals surface area (Å²) in [5, 5.41) is 11.3. The predicted octanol–water partition coefficient (Wildman–Crippen LogP) is 2.30. The van der Waals surface area contributed by atoms with Gasteiger partial charge in [0, 0.05) is 0 Å². The molecule has 0 spiro atoms. The SMILES string of the molecule is CSCCCOc1nonc1-c1noc(=O)n1[C@H]1Cc2ccc(F)cc21. The summed E-state index contributed by atoms with van der Waals surface area (Å²) in [7, 11) is 0. The molecule has 4 rings (SSSR count). The van der Waals surface area contributed by atoms with Crippen molar-refractivity contribution in [3.05, 3.63) is 45.7 Å². The average molecular weight is 378 g/mol. The van der Waals surface area contributed by atoms with E-state index < -0.39 is 5.76 Å². The van der Waals surface area contributed by atoms with Crippen LogP contribution in [0.3, 0.4) is 0 Å². The maximum atomic E-state index is 13.6. The van der Waals surface area contributed by atoms with Crippen molar-refractivity contribution in [2.24, 2.45) is 0 Å². The van der Waals surface area contributed by atoms with E-state index in [1.165, 1.54) is 16.7 Å². The third-order valence-corrected chi connectivity index (χ3v) is 4.93. The molecular weight excluding hydrogens is 363 g/mol. The lowest BCUT2D eigenvalue weighted by atomic mass is 9.83. The van der Waals surface area contributed by atoms with Gasteiger partial charge < -0.3 is 4.74 Å². The van der Waals surface area contributed by atoms with Gasteiger partial charge in [-0.15, -0.1) is 0 Å². The number of thioether (sulfide) groups is 1. The third kappa shape index (κ3) is 2.90. The maximum Gasteiger partial charge on any atom is 0.442 e. The van der Waals surface area contributed by atoms with Crippen molar-refractivity contribution in [1.82, 2.24) is 20.0 Å². The van der Waals surface area contributed by atoms with Crippen molar-refractivity contribution >= 4 is 11.8 Å². The van der Waals surface area contributed by atoms with Crippen LogP contribution in [0.15, 0.2) is 32.1 Å². The van der Waals surface area contributed by atoms with Gasteiger partial charge >= 0.3 is 5.76 Å². The number of ether oxygens (including phenoxy) is 1. The molecule has 136 valence electrons. The quantitative estimate of drug-likeness (QED) is 0.578. The van der Waals surface area contributed by atoms with E-state index in [0.29, 0.717) is 13.0 Å². The van der Waals surface area contributed by atoms with Gasteiger partial charge in [0.05, 0.1) is 12.6 Å². The van der Waals surface area contributed by atoms with Crippen LogP contribution in [0.2, 0.25) is 0 Å². The van der Waals surface area contributed by atoms with Gasteiger partial charge in [0.1, 0.15) is 5.82 Å². The Bertz CT molecular complexity index is 983. The normalized spacial score (nSPS) is 15.5. The molecule has 0 N–H and O–H groups in total. The zero-order valence-corrected chi connectivity index (χ0v) is 14.7. The number of hydrogen-bond acceptors (Lipinski definition) is 8. The number of aromatic nitrogens is 4. The van der Waals surface area contributed by atoms with E-state index in [9.17, 15) is 9.18 Å². The Hall–Kier alpha value is -2.62. The second-order valence-corrected chi connectivity index (χ2v) is 6.80. The molecule has 0 saturated carbocycles. The Labute approximate surface area is 151 Å². The highest BCUT2D eigenvalue weighted by molar-refractivity contribution is 7.98. The molecule has 0 aliphatic heterocycles. The highest BCUT2D eigenvalue weighted by atomic mass is 32.2. The molecular formula is C16H15FN4O4S. The third-order valence-electron chi connectivity index (χ3n) is 4.23. The minimum absolute atomic E-state index is 0.145. The molecule has 1 aromatic carbocycles. The minimum Gasteiger partial charge on any atom is -0.474 e.